The summed E-state index contributed by atoms with van der Waals surface area (Å²) in [5.41, 5.74) is 2.09. The molecule has 1 heterocycles. The molecule has 0 spiro atoms. The Hall–Kier alpha value is -1.42. The van der Waals surface area contributed by atoms with Gasteiger partial charge in [-0.25, -0.2) is 0 Å². The highest BCUT2D eigenvalue weighted by Gasteiger charge is 2.39. The molecule has 0 radical (unpaired) electrons. The average Bonchev–Trinajstić information content (AvgIpc) is 2.59. The number of nitrogens with zero attached hydrogens (tertiary/aromatic N) is 3. The van der Waals surface area contributed by atoms with Crippen molar-refractivity contribution in [2.45, 2.75) is 85.0 Å². The van der Waals surface area contributed by atoms with E-state index in [0.717, 1.165) is 30.7 Å². The van der Waals surface area contributed by atoms with Crippen LogP contribution in [0.1, 0.15) is 85.0 Å². The van der Waals surface area contributed by atoms with Gasteiger partial charge in [0.05, 0.1) is 5.71 Å². The Balaban J connectivity index is 1.74. The molecule has 4 nitrogen and oxygen atoms in total. The fourth-order valence-electron chi connectivity index (χ4n) is 3.98. The molecule has 1 aliphatic carbocycles. The number of carbonyl (C=O) groups is 1. The smallest absolute Gasteiger partial charge is 0.257 e. The lowest BCUT2D eigenvalue weighted by Crippen LogP contribution is -2.53. The van der Waals surface area contributed by atoms with E-state index in [4.69, 9.17) is 5.10 Å². The molecular formula is C22H37N3O. The Morgan fingerprint density at radius 2 is 1.73 bits per heavy atom. The van der Waals surface area contributed by atoms with Crippen LogP contribution in [0.25, 0.3) is 0 Å². The van der Waals surface area contributed by atoms with Crippen molar-refractivity contribution in [3.05, 3.63) is 23.8 Å². The third-order valence-electron chi connectivity index (χ3n) is 5.52. The molecule has 0 bridgehead atoms. The molecule has 0 aromatic rings. The van der Waals surface area contributed by atoms with Crippen molar-refractivity contribution >= 4 is 11.6 Å². The summed E-state index contributed by atoms with van der Waals surface area (Å²) in [6.45, 7) is 7.31. The fourth-order valence-corrected chi connectivity index (χ4v) is 3.98. The van der Waals surface area contributed by atoms with Crippen molar-refractivity contribution in [3.63, 3.8) is 0 Å². The molecule has 1 atom stereocenters. The lowest BCUT2D eigenvalue weighted by Gasteiger charge is -2.42. The Morgan fingerprint density at radius 3 is 2.38 bits per heavy atom. The first-order chi connectivity index (χ1) is 12.5. The van der Waals surface area contributed by atoms with E-state index >= 15 is 0 Å². The maximum absolute atomic E-state index is 12.6. The van der Waals surface area contributed by atoms with Gasteiger partial charge in [0.15, 0.2) is 0 Å². The Morgan fingerprint density at radius 1 is 1.12 bits per heavy atom. The molecule has 0 aromatic heterocycles. The van der Waals surface area contributed by atoms with Crippen molar-refractivity contribution < 1.29 is 4.79 Å². The van der Waals surface area contributed by atoms with Gasteiger partial charge in [-0.1, -0.05) is 76.5 Å². The van der Waals surface area contributed by atoms with Crippen molar-refractivity contribution in [1.29, 1.82) is 0 Å². The standard InChI is InChI=1S/C22H37N3O/c1-5-6-7-8-9-10-11-12-13-16-20(26)25-23-21-19(2)15-14-17-22(21,3)18-24(25)4/h14-15,17H,5-13,16,18H2,1-4H3. The fraction of sp³-hybridized carbons (Fsp3) is 0.727. The topological polar surface area (TPSA) is 35.9 Å². The van der Waals surface area contributed by atoms with Crippen LogP contribution in [-0.4, -0.2) is 35.3 Å². The summed E-state index contributed by atoms with van der Waals surface area (Å²) >= 11 is 0. The molecule has 0 fully saturated rings. The number of amides is 1. The molecule has 2 aliphatic rings. The van der Waals surface area contributed by atoms with Crippen LogP contribution in [0.2, 0.25) is 0 Å². The number of unbranched alkanes of at least 4 members (excludes halogenated alkanes) is 8. The van der Waals surface area contributed by atoms with Gasteiger partial charge in [0.25, 0.3) is 5.91 Å². The monoisotopic (exact) mass is 359 g/mol. The van der Waals surface area contributed by atoms with Crippen LogP contribution in [0.15, 0.2) is 28.9 Å². The number of hydrogen-bond donors (Lipinski definition) is 0. The van der Waals surface area contributed by atoms with Crippen molar-refractivity contribution in [2.75, 3.05) is 13.6 Å². The van der Waals surface area contributed by atoms with Gasteiger partial charge in [-0.15, -0.1) is 0 Å². The zero-order valence-electron chi connectivity index (χ0n) is 17.3. The minimum atomic E-state index is -0.0951. The number of fused-ring (bicyclic) bond motifs is 1. The van der Waals surface area contributed by atoms with Crippen LogP contribution in [-0.2, 0) is 4.79 Å². The van der Waals surface area contributed by atoms with Gasteiger partial charge in [0.2, 0.25) is 0 Å². The average molecular weight is 360 g/mol. The summed E-state index contributed by atoms with van der Waals surface area (Å²) in [5, 5.41) is 8.26. The van der Waals surface area contributed by atoms with Gasteiger partial charge in [0, 0.05) is 25.4 Å². The number of allylic oxidation sites excluding steroid dienone is 3. The van der Waals surface area contributed by atoms with Crippen LogP contribution in [0.5, 0.6) is 0 Å². The number of hydrazone groups is 1. The highest BCUT2D eigenvalue weighted by molar-refractivity contribution is 6.07. The van der Waals surface area contributed by atoms with Crippen molar-refractivity contribution in [3.8, 4) is 0 Å². The van der Waals surface area contributed by atoms with Crippen LogP contribution in [0.3, 0.4) is 0 Å². The molecule has 146 valence electrons. The SMILES string of the molecule is CCCCCCCCCCCC(=O)N1N=C2C(C)=CC=CC2(C)CN1C. The summed E-state index contributed by atoms with van der Waals surface area (Å²) in [5.74, 6) is 0.118. The summed E-state index contributed by atoms with van der Waals surface area (Å²) in [7, 11) is 1.96. The Kier molecular flexibility index (Phi) is 8.08. The van der Waals surface area contributed by atoms with Gasteiger partial charge in [0.1, 0.15) is 0 Å². The van der Waals surface area contributed by atoms with Gasteiger partial charge in [-0.3, -0.25) is 4.79 Å². The maximum atomic E-state index is 12.6. The first kappa shape index (κ1) is 20.9. The van der Waals surface area contributed by atoms with Crippen LogP contribution in [0.4, 0.5) is 0 Å². The molecule has 0 saturated carbocycles. The largest absolute Gasteiger partial charge is 0.271 e. The van der Waals surface area contributed by atoms with E-state index in [1.807, 2.05) is 12.1 Å². The van der Waals surface area contributed by atoms with E-state index < -0.39 is 0 Å². The van der Waals surface area contributed by atoms with Crippen molar-refractivity contribution in [2.24, 2.45) is 10.5 Å². The molecule has 4 heteroatoms. The molecule has 1 aliphatic heterocycles. The molecule has 1 amide bonds. The van der Waals surface area contributed by atoms with Crippen LogP contribution >= 0.6 is 0 Å². The molecule has 0 saturated heterocycles. The van der Waals surface area contributed by atoms with E-state index in [1.165, 1.54) is 44.9 Å². The van der Waals surface area contributed by atoms with Gasteiger partial charge < -0.3 is 0 Å². The third-order valence-corrected chi connectivity index (χ3v) is 5.52. The van der Waals surface area contributed by atoms with E-state index in [1.54, 1.807) is 5.12 Å². The Labute approximate surface area is 160 Å². The minimum absolute atomic E-state index is 0.0951. The normalized spacial score (nSPS) is 22.8. The van der Waals surface area contributed by atoms with E-state index in [0.29, 0.717) is 6.42 Å². The first-order valence-electron chi connectivity index (χ1n) is 10.5. The van der Waals surface area contributed by atoms with Crippen LogP contribution in [0, 0.1) is 5.41 Å². The second-order valence-corrected chi connectivity index (χ2v) is 8.15. The predicted octanol–water partition coefficient (Wildman–Crippen LogP) is 5.47. The zero-order chi connectivity index (χ0) is 19.0. The number of rotatable bonds is 10. The highest BCUT2D eigenvalue weighted by atomic mass is 16.2. The summed E-state index contributed by atoms with van der Waals surface area (Å²) in [6, 6.07) is 0. The summed E-state index contributed by atoms with van der Waals surface area (Å²) in [6.07, 6.45) is 18.4. The molecule has 26 heavy (non-hydrogen) atoms. The Bertz CT molecular complexity index is 564. The molecule has 0 N–H and O–H groups in total. The summed E-state index contributed by atoms with van der Waals surface area (Å²) in [4.78, 5) is 12.6. The first-order valence-corrected chi connectivity index (χ1v) is 10.5. The van der Waals surface area contributed by atoms with E-state index in [9.17, 15) is 4.79 Å². The quantitative estimate of drug-likeness (QED) is 0.485. The molecule has 2 rings (SSSR count). The number of hydrogen-bond acceptors (Lipinski definition) is 3. The zero-order valence-corrected chi connectivity index (χ0v) is 17.3. The predicted molar refractivity (Wildman–Crippen MR) is 110 cm³/mol. The lowest BCUT2D eigenvalue weighted by atomic mass is 9.78. The maximum Gasteiger partial charge on any atom is 0.257 e. The van der Waals surface area contributed by atoms with Gasteiger partial charge >= 0.3 is 0 Å². The lowest BCUT2D eigenvalue weighted by molar-refractivity contribution is -0.149. The minimum Gasteiger partial charge on any atom is -0.271 e. The van der Waals surface area contributed by atoms with Gasteiger partial charge in [-0.2, -0.15) is 15.2 Å². The molecule has 0 aromatic carbocycles. The van der Waals surface area contributed by atoms with Crippen molar-refractivity contribution in [1.82, 2.24) is 10.1 Å². The van der Waals surface area contributed by atoms with Gasteiger partial charge in [-0.05, 0) is 25.8 Å². The van der Waals surface area contributed by atoms with E-state index in [-0.39, 0.29) is 11.3 Å². The third kappa shape index (κ3) is 5.54. The second kappa shape index (κ2) is 10.1. The van der Waals surface area contributed by atoms with Crippen LogP contribution < -0.4 is 0 Å². The summed E-state index contributed by atoms with van der Waals surface area (Å²) < 4.78 is 0. The highest BCUT2D eigenvalue weighted by Crippen LogP contribution is 2.33. The molecular weight excluding hydrogens is 322 g/mol. The number of hydrazine groups is 1. The van der Waals surface area contributed by atoms with E-state index in [2.05, 4.69) is 39.0 Å². The number of carbonyl (C=O) groups excluding carboxylic acids is 1. The molecule has 1 unspecified atom stereocenters. The second-order valence-electron chi connectivity index (χ2n) is 8.15.